The van der Waals surface area contributed by atoms with Crippen molar-refractivity contribution in [2.75, 3.05) is 26.2 Å². The van der Waals surface area contributed by atoms with Crippen LogP contribution in [0.25, 0.3) is 0 Å². The molecule has 1 aromatic carbocycles. The van der Waals surface area contributed by atoms with Gasteiger partial charge in [-0.05, 0) is 56.6 Å². The van der Waals surface area contributed by atoms with E-state index in [1.54, 1.807) is 0 Å². The van der Waals surface area contributed by atoms with E-state index < -0.39 is 0 Å². The molecule has 0 unspecified atom stereocenters. The molecular weight excluding hydrogens is 328 g/mol. The predicted octanol–water partition coefficient (Wildman–Crippen LogP) is 3.70. The number of hydrogen-bond acceptors (Lipinski definition) is 2. The number of nitrogens with zero attached hydrogens (tertiary/aromatic N) is 2. The fourth-order valence-corrected chi connectivity index (χ4v) is 3.82. The molecule has 1 saturated heterocycles. The normalized spacial score (nSPS) is 16.5. The molecule has 116 valence electrons. The van der Waals surface area contributed by atoms with Gasteiger partial charge in [-0.1, -0.05) is 29.8 Å². The Hall–Kier alpha value is -0.870. The summed E-state index contributed by atoms with van der Waals surface area (Å²) in [6.07, 6.45) is 2.17. The third-order valence-electron chi connectivity index (χ3n) is 4.37. The molecule has 1 aliphatic heterocycles. The van der Waals surface area contributed by atoms with Gasteiger partial charge in [0, 0.05) is 29.2 Å². The second-order valence-corrected chi connectivity index (χ2v) is 6.68. The predicted molar refractivity (Wildman–Crippen MR) is 90.7 cm³/mol. The van der Waals surface area contributed by atoms with E-state index in [1.165, 1.54) is 0 Å². The molecule has 1 heterocycles. The Morgan fingerprint density at radius 3 is 2.38 bits per heavy atom. The van der Waals surface area contributed by atoms with E-state index in [4.69, 9.17) is 0 Å². The van der Waals surface area contributed by atoms with Crippen LogP contribution in [-0.4, -0.2) is 47.9 Å². The van der Waals surface area contributed by atoms with Crippen LogP contribution in [0.4, 0.5) is 0 Å². The summed E-state index contributed by atoms with van der Waals surface area (Å²) in [5, 5.41) is 0. The van der Waals surface area contributed by atoms with Crippen LogP contribution in [0.2, 0.25) is 0 Å². The number of hydrogen-bond donors (Lipinski definition) is 0. The van der Waals surface area contributed by atoms with E-state index in [-0.39, 0.29) is 5.91 Å². The van der Waals surface area contributed by atoms with Crippen molar-refractivity contribution in [3.05, 3.63) is 33.8 Å². The van der Waals surface area contributed by atoms with Crippen LogP contribution in [0.1, 0.15) is 42.6 Å². The molecule has 0 spiro atoms. The maximum absolute atomic E-state index is 12.6. The highest BCUT2D eigenvalue weighted by atomic mass is 79.9. The summed E-state index contributed by atoms with van der Waals surface area (Å²) in [6.45, 7) is 10.4. The van der Waals surface area contributed by atoms with Gasteiger partial charge in [0.25, 0.3) is 5.91 Å². The highest BCUT2D eigenvalue weighted by Crippen LogP contribution is 2.21. The average molecular weight is 353 g/mol. The molecule has 1 amide bonds. The lowest BCUT2D eigenvalue weighted by atomic mass is 10.0. The van der Waals surface area contributed by atoms with E-state index in [2.05, 4.69) is 34.7 Å². The summed E-state index contributed by atoms with van der Waals surface area (Å²) >= 11 is 3.48. The fraction of sp³-hybridized carbons (Fsp3) is 0.588. The van der Waals surface area contributed by atoms with Crippen molar-refractivity contribution in [3.8, 4) is 0 Å². The number of halogens is 1. The topological polar surface area (TPSA) is 23.6 Å². The summed E-state index contributed by atoms with van der Waals surface area (Å²) < 4.78 is 0.976. The Morgan fingerprint density at radius 1 is 1.24 bits per heavy atom. The average Bonchev–Trinajstić information content (AvgIpc) is 2.47. The van der Waals surface area contributed by atoms with E-state index in [1.807, 2.05) is 30.0 Å². The van der Waals surface area contributed by atoms with Gasteiger partial charge < -0.3 is 9.80 Å². The molecule has 0 bridgehead atoms. The first kappa shape index (κ1) is 16.5. The molecule has 0 aliphatic carbocycles. The van der Waals surface area contributed by atoms with Gasteiger partial charge in [0.1, 0.15) is 0 Å². The molecule has 1 aliphatic rings. The first-order valence-electron chi connectivity index (χ1n) is 7.85. The van der Waals surface area contributed by atoms with Gasteiger partial charge in [0.2, 0.25) is 0 Å². The molecule has 0 N–H and O–H groups in total. The third-order valence-corrected chi connectivity index (χ3v) is 4.83. The molecule has 0 atom stereocenters. The number of carbonyl (C=O) groups excluding carboxylic acids is 1. The van der Waals surface area contributed by atoms with Crippen LogP contribution in [0.15, 0.2) is 22.7 Å². The second-order valence-electron chi connectivity index (χ2n) is 5.76. The van der Waals surface area contributed by atoms with Gasteiger partial charge in [-0.3, -0.25) is 4.79 Å². The highest BCUT2D eigenvalue weighted by Gasteiger charge is 2.26. The number of rotatable bonds is 4. The van der Waals surface area contributed by atoms with Crippen molar-refractivity contribution in [1.29, 1.82) is 0 Å². The summed E-state index contributed by atoms with van der Waals surface area (Å²) in [7, 11) is 0. The molecular formula is C17H25BrN2O. The van der Waals surface area contributed by atoms with Crippen molar-refractivity contribution >= 4 is 21.8 Å². The van der Waals surface area contributed by atoms with Crippen molar-refractivity contribution in [1.82, 2.24) is 9.80 Å². The van der Waals surface area contributed by atoms with Crippen molar-refractivity contribution in [2.45, 2.75) is 39.7 Å². The fourth-order valence-electron chi connectivity index (χ4n) is 3.22. The quantitative estimate of drug-likeness (QED) is 0.824. The van der Waals surface area contributed by atoms with Crippen LogP contribution in [0.5, 0.6) is 0 Å². The molecule has 1 aromatic rings. The maximum atomic E-state index is 12.6. The lowest BCUT2D eigenvalue weighted by Gasteiger charge is -2.37. The molecule has 2 rings (SSSR count). The Labute approximate surface area is 136 Å². The van der Waals surface area contributed by atoms with E-state index in [0.717, 1.165) is 54.6 Å². The monoisotopic (exact) mass is 352 g/mol. The zero-order valence-corrected chi connectivity index (χ0v) is 14.8. The molecule has 0 radical (unpaired) electrons. The highest BCUT2D eigenvalue weighted by molar-refractivity contribution is 9.10. The van der Waals surface area contributed by atoms with Gasteiger partial charge in [-0.15, -0.1) is 0 Å². The van der Waals surface area contributed by atoms with E-state index in [0.29, 0.717) is 6.04 Å². The number of piperidine rings is 1. The van der Waals surface area contributed by atoms with Crippen LogP contribution in [0, 0.1) is 6.92 Å². The Morgan fingerprint density at radius 2 is 1.86 bits per heavy atom. The number of carbonyl (C=O) groups is 1. The standard InChI is InChI=1S/C17H25BrN2O/c1-4-19(5-2)16-6-8-20(9-7-16)17(21)14-10-13(3)11-15(18)12-14/h10-12,16H,4-9H2,1-3H3. The van der Waals surface area contributed by atoms with Gasteiger partial charge in [-0.25, -0.2) is 0 Å². The van der Waals surface area contributed by atoms with E-state index in [9.17, 15) is 4.79 Å². The molecule has 0 aromatic heterocycles. The Bertz CT molecular complexity index is 471. The van der Waals surface area contributed by atoms with Crippen LogP contribution in [0.3, 0.4) is 0 Å². The SMILES string of the molecule is CCN(CC)C1CCN(C(=O)c2cc(C)cc(Br)c2)CC1. The summed E-state index contributed by atoms with van der Waals surface area (Å²) in [5.74, 6) is 0.164. The molecule has 3 nitrogen and oxygen atoms in total. The number of likely N-dealkylation sites (tertiary alicyclic amines) is 1. The maximum Gasteiger partial charge on any atom is 0.253 e. The van der Waals surface area contributed by atoms with Gasteiger partial charge in [-0.2, -0.15) is 0 Å². The largest absolute Gasteiger partial charge is 0.339 e. The van der Waals surface area contributed by atoms with Crippen molar-refractivity contribution in [3.63, 3.8) is 0 Å². The minimum atomic E-state index is 0.164. The molecule has 4 heteroatoms. The van der Waals surface area contributed by atoms with Crippen LogP contribution >= 0.6 is 15.9 Å². The summed E-state index contributed by atoms with van der Waals surface area (Å²) in [6, 6.07) is 6.56. The lowest BCUT2D eigenvalue weighted by Crippen LogP contribution is -2.46. The van der Waals surface area contributed by atoms with Gasteiger partial charge in [0.05, 0.1) is 0 Å². The lowest BCUT2D eigenvalue weighted by molar-refractivity contribution is 0.0631. The first-order valence-corrected chi connectivity index (χ1v) is 8.65. The summed E-state index contributed by atoms with van der Waals surface area (Å²) in [4.78, 5) is 17.1. The summed E-state index contributed by atoms with van der Waals surface area (Å²) in [5.41, 5.74) is 1.91. The smallest absolute Gasteiger partial charge is 0.253 e. The van der Waals surface area contributed by atoms with Crippen LogP contribution < -0.4 is 0 Å². The number of amides is 1. The molecule has 21 heavy (non-hydrogen) atoms. The number of benzene rings is 1. The molecule has 1 fully saturated rings. The minimum Gasteiger partial charge on any atom is -0.339 e. The van der Waals surface area contributed by atoms with Crippen LogP contribution in [-0.2, 0) is 0 Å². The zero-order valence-electron chi connectivity index (χ0n) is 13.2. The number of aryl methyl sites for hydroxylation is 1. The third kappa shape index (κ3) is 4.07. The first-order chi connectivity index (χ1) is 10.0. The van der Waals surface area contributed by atoms with Gasteiger partial charge >= 0.3 is 0 Å². The van der Waals surface area contributed by atoms with Crippen molar-refractivity contribution in [2.24, 2.45) is 0 Å². The Balaban J connectivity index is 2.00. The Kier molecular flexibility index (Phi) is 5.82. The van der Waals surface area contributed by atoms with Crippen molar-refractivity contribution < 1.29 is 4.79 Å². The molecule has 0 saturated carbocycles. The second kappa shape index (κ2) is 7.41. The van der Waals surface area contributed by atoms with Gasteiger partial charge in [0.15, 0.2) is 0 Å². The minimum absolute atomic E-state index is 0.164. The zero-order chi connectivity index (χ0) is 15.4. The van der Waals surface area contributed by atoms with E-state index >= 15 is 0 Å².